The number of rotatable bonds is 7. The first-order chi connectivity index (χ1) is 10.2. The Bertz CT molecular complexity index is 583. The number of aromatic nitrogens is 1. The quantitative estimate of drug-likeness (QED) is 0.821. The molecule has 2 rings (SSSR count). The summed E-state index contributed by atoms with van der Waals surface area (Å²) in [7, 11) is 0. The number of aliphatic hydroxyl groups is 1. The lowest BCUT2D eigenvalue weighted by molar-refractivity contribution is 0.298. The molecule has 0 aliphatic carbocycles. The lowest BCUT2D eigenvalue weighted by atomic mass is 10.1. The van der Waals surface area contributed by atoms with E-state index < -0.39 is 0 Å². The molecule has 1 heterocycles. The van der Waals surface area contributed by atoms with Gasteiger partial charge in [0.15, 0.2) is 0 Å². The van der Waals surface area contributed by atoms with E-state index in [4.69, 9.17) is 4.98 Å². The van der Waals surface area contributed by atoms with Crippen LogP contribution in [0.15, 0.2) is 30.3 Å². The number of nitrogens with one attached hydrogen (secondary N) is 1. The first-order valence-corrected chi connectivity index (χ1v) is 7.64. The average molecular weight is 287 g/mol. The van der Waals surface area contributed by atoms with Gasteiger partial charge in [0.2, 0.25) is 0 Å². The highest BCUT2D eigenvalue weighted by Crippen LogP contribution is 2.25. The van der Waals surface area contributed by atoms with Crippen LogP contribution in [0.25, 0.3) is 10.9 Å². The van der Waals surface area contributed by atoms with Crippen LogP contribution >= 0.6 is 0 Å². The highest BCUT2D eigenvalue weighted by atomic mass is 16.3. The number of hydrogen-bond donors (Lipinski definition) is 2. The summed E-state index contributed by atoms with van der Waals surface area (Å²) in [6.45, 7) is 8.80. The predicted molar refractivity (Wildman–Crippen MR) is 88.7 cm³/mol. The van der Waals surface area contributed by atoms with Crippen molar-refractivity contribution in [1.82, 2.24) is 10.3 Å². The van der Waals surface area contributed by atoms with E-state index >= 15 is 0 Å². The summed E-state index contributed by atoms with van der Waals surface area (Å²) in [6, 6.07) is 10.7. The van der Waals surface area contributed by atoms with Gasteiger partial charge in [-0.15, -0.1) is 0 Å². The molecule has 0 fully saturated rings. The second kappa shape index (κ2) is 7.38. The van der Waals surface area contributed by atoms with E-state index in [1.54, 1.807) is 0 Å². The highest BCUT2D eigenvalue weighted by molar-refractivity contribution is 5.81. The minimum atomic E-state index is 0.132. The molecule has 2 N–H and O–H groups in total. The summed E-state index contributed by atoms with van der Waals surface area (Å²) in [6.07, 6.45) is 0. The number of pyridine rings is 1. The van der Waals surface area contributed by atoms with Gasteiger partial charge in [0.25, 0.3) is 0 Å². The number of nitrogens with zero attached hydrogens (tertiary/aromatic N) is 2. The van der Waals surface area contributed by atoms with Gasteiger partial charge in [-0.25, -0.2) is 4.98 Å². The fourth-order valence-electron chi connectivity index (χ4n) is 2.50. The standard InChI is InChI=1S/C17H25N3O/c1-4-18-12-15-11-14-7-5-6-8-16(14)19-17(15)20(9-10-21)13(2)3/h5-8,11,13,18,21H,4,9-10,12H2,1-3H3. The van der Waals surface area contributed by atoms with Crippen LogP contribution in [-0.2, 0) is 6.54 Å². The van der Waals surface area contributed by atoms with Crippen molar-refractivity contribution in [2.24, 2.45) is 0 Å². The SMILES string of the molecule is CCNCc1cc2ccccc2nc1N(CCO)C(C)C. The first-order valence-electron chi connectivity index (χ1n) is 7.64. The monoisotopic (exact) mass is 287 g/mol. The Hall–Kier alpha value is -1.65. The van der Waals surface area contributed by atoms with E-state index in [0.29, 0.717) is 12.6 Å². The highest BCUT2D eigenvalue weighted by Gasteiger charge is 2.16. The summed E-state index contributed by atoms with van der Waals surface area (Å²) >= 11 is 0. The van der Waals surface area contributed by atoms with E-state index in [1.807, 2.05) is 18.2 Å². The minimum Gasteiger partial charge on any atom is -0.395 e. The Balaban J connectivity index is 2.50. The molecule has 0 saturated heterocycles. The average Bonchev–Trinajstić information content (AvgIpc) is 2.49. The normalized spacial score (nSPS) is 11.3. The van der Waals surface area contributed by atoms with Crippen LogP contribution in [0, 0.1) is 0 Å². The van der Waals surface area contributed by atoms with Crippen molar-refractivity contribution >= 4 is 16.7 Å². The summed E-state index contributed by atoms with van der Waals surface area (Å²) in [4.78, 5) is 7.01. The summed E-state index contributed by atoms with van der Waals surface area (Å²) in [5.41, 5.74) is 2.18. The third kappa shape index (κ3) is 3.71. The largest absolute Gasteiger partial charge is 0.395 e. The van der Waals surface area contributed by atoms with Gasteiger partial charge < -0.3 is 15.3 Å². The zero-order valence-corrected chi connectivity index (χ0v) is 13.1. The molecule has 0 saturated carbocycles. The van der Waals surface area contributed by atoms with Crippen LogP contribution in [0.5, 0.6) is 0 Å². The Morgan fingerprint density at radius 3 is 2.71 bits per heavy atom. The van der Waals surface area contributed by atoms with Gasteiger partial charge >= 0.3 is 0 Å². The van der Waals surface area contributed by atoms with Crippen molar-refractivity contribution in [3.63, 3.8) is 0 Å². The maximum Gasteiger partial charge on any atom is 0.134 e. The minimum absolute atomic E-state index is 0.132. The number of hydrogen-bond acceptors (Lipinski definition) is 4. The Morgan fingerprint density at radius 2 is 2.05 bits per heavy atom. The van der Waals surface area contributed by atoms with Crippen molar-refractivity contribution in [1.29, 1.82) is 0 Å². The molecule has 1 aromatic carbocycles. The predicted octanol–water partition coefficient (Wildman–Crippen LogP) is 2.55. The summed E-state index contributed by atoms with van der Waals surface area (Å²) < 4.78 is 0. The molecule has 1 aromatic heterocycles. The zero-order chi connectivity index (χ0) is 15.2. The first kappa shape index (κ1) is 15.7. The van der Waals surface area contributed by atoms with Crippen LogP contribution < -0.4 is 10.2 Å². The van der Waals surface area contributed by atoms with Crippen molar-refractivity contribution in [2.75, 3.05) is 24.6 Å². The molecule has 0 radical (unpaired) electrons. The topological polar surface area (TPSA) is 48.4 Å². The van der Waals surface area contributed by atoms with E-state index in [1.165, 1.54) is 5.56 Å². The van der Waals surface area contributed by atoms with Crippen LogP contribution in [-0.4, -0.2) is 35.8 Å². The molecule has 4 nitrogen and oxygen atoms in total. The Morgan fingerprint density at radius 1 is 1.29 bits per heavy atom. The van der Waals surface area contributed by atoms with E-state index in [9.17, 15) is 5.11 Å². The lowest BCUT2D eigenvalue weighted by Crippen LogP contribution is -2.35. The van der Waals surface area contributed by atoms with Gasteiger partial charge in [-0.3, -0.25) is 0 Å². The van der Waals surface area contributed by atoms with Crippen molar-refractivity contribution < 1.29 is 5.11 Å². The van der Waals surface area contributed by atoms with Gasteiger partial charge in [0.1, 0.15) is 5.82 Å². The molecule has 0 bridgehead atoms. The second-order valence-electron chi connectivity index (χ2n) is 5.45. The van der Waals surface area contributed by atoms with Crippen molar-refractivity contribution in [3.05, 3.63) is 35.9 Å². The number of para-hydroxylation sites is 1. The molecule has 0 aliphatic heterocycles. The molecule has 0 spiro atoms. The van der Waals surface area contributed by atoms with Crippen LogP contribution in [0.4, 0.5) is 5.82 Å². The van der Waals surface area contributed by atoms with Gasteiger partial charge in [0, 0.05) is 30.1 Å². The fourth-order valence-corrected chi connectivity index (χ4v) is 2.50. The molecule has 21 heavy (non-hydrogen) atoms. The molecule has 2 aromatic rings. The van der Waals surface area contributed by atoms with Crippen LogP contribution in [0.2, 0.25) is 0 Å². The van der Waals surface area contributed by atoms with Gasteiger partial charge in [-0.2, -0.15) is 0 Å². The van der Waals surface area contributed by atoms with Gasteiger partial charge in [0.05, 0.1) is 12.1 Å². The Kier molecular flexibility index (Phi) is 5.53. The maximum atomic E-state index is 9.34. The number of fused-ring (bicyclic) bond motifs is 1. The van der Waals surface area contributed by atoms with Crippen LogP contribution in [0.1, 0.15) is 26.3 Å². The van der Waals surface area contributed by atoms with Crippen molar-refractivity contribution in [2.45, 2.75) is 33.4 Å². The Labute approximate surface area is 126 Å². The zero-order valence-electron chi connectivity index (χ0n) is 13.1. The number of anilines is 1. The van der Waals surface area contributed by atoms with Crippen LogP contribution in [0.3, 0.4) is 0 Å². The lowest BCUT2D eigenvalue weighted by Gasteiger charge is -2.29. The molecule has 4 heteroatoms. The maximum absolute atomic E-state index is 9.34. The van der Waals surface area contributed by atoms with E-state index in [2.05, 4.69) is 43.1 Å². The molecule has 0 atom stereocenters. The second-order valence-corrected chi connectivity index (χ2v) is 5.45. The van der Waals surface area contributed by atoms with Gasteiger partial charge in [-0.1, -0.05) is 25.1 Å². The molecule has 0 unspecified atom stereocenters. The molecular formula is C17H25N3O. The van der Waals surface area contributed by atoms with E-state index in [0.717, 1.165) is 29.8 Å². The molecule has 0 amide bonds. The third-order valence-electron chi connectivity index (χ3n) is 3.58. The molecule has 114 valence electrons. The van der Waals surface area contributed by atoms with Crippen molar-refractivity contribution in [3.8, 4) is 0 Å². The van der Waals surface area contributed by atoms with Gasteiger partial charge in [-0.05, 0) is 32.5 Å². The molecule has 0 aliphatic rings. The third-order valence-corrected chi connectivity index (χ3v) is 3.58. The number of benzene rings is 1. The summed E-state index contributed by atoms with van der Waals surface area (Å²) in [5, 5.41) is 13.9. The fraction of sp³-hybridized carbons (Fsp3) is 0.471. The van der Waals surface area contributed by atoms with E-state index in [-0.39, 0.29) is 6.61 Å². The number of aliphatic hydroxyl groups excluding tert-OH is 1. The smallest absolute Gasteiger partial charge is 0.134 e. The summed E-state index contributed by atoms with van der Waals surface area (Å²) in [5.74, 6) is 0.971. The molecular weight excluding hydrogens is 262 g/mol.